The first-order valence-corrected chi connectivity index (χ1v) is 8.48. The van der Waals surface area contributed by atoms with Crippen LogP contribution in [-0.4, -0.2) is 35.5 Å². The molecule has 2 atom stereocenters. The molecule has 0 spiro atoms. The van der Waals surface area contributed by atoms with E-state index in [2.05, 4.69) is 26.7 Å². The van der Waals surface area contributed by atoms with Crippen molar-refractivity contribution in [2.75, 3.05) is 0 Å². The molecule has 6 nitrogen and oxygen atoms in total. The van der Waals surface area contributed by atoms with Crippen LogP contribution < -0.4 is 0 Å². The fourth-order valence-electron chi connectivity index (χ4n) is 1.62. The number of rotatable bonds is 4. The highest BCUT2D eigenvalue weighted by Gasteiger charge is 2.44. The van der Waals surface area contributed by atoms with Gasteiger partial charge in [0.15, 0.2) is 0 Å². The smallest absolute Gasteiger partial charge is 0.239 e. The summed E-state index contributed by atoms with van der Waals surface area (Å²) in [5, 5.41) is -1.42. The van der Waals surface area contributed by atoms with Crippen molar-refractivity contribution in [1.29, 1.82) is 0 Å². The van der Waals surface area contributed by atoms with Crippen molar-refractivity contribution in [3.63, 3.8) is 0 Å². The summed E-state index contributed by atoms with van der Waals surface area (Å²) in [7, 11) is -3.88. The van der Waals surface area contributed by atoms with E-state index in [4.69, 9.17) is 11.6 Å². The predicted octanol–water partition coefficient (Wildman–Crippen LogP) is 2.63. The molecule has 120 valence electrons. The topological polar surface area (TPSA) is 84.6 Å². The Balaban J connectivity index is 3.29. The number of alkyl halides is 1. The van der Waals surface area contributed by atoms with Gasteiger partial charge in [-0.15, -0.1) is 11.6 Å². The van der Waals surface area contributed by atoms with E-state index in [1.54, 1.807) is 32.3 Å². The standard InChI is InChI=1S/C14H19ClN4O2S/c1-6-7-17-13(16-5)22(20,21)11(3)14(4,15)12-18-8-10(2)9-19-12/h6-9,11H,5H2,1-4H3/b7-6-,17-13+. The van der Waals surface area contributed by atoms with Gasteiger partial charge in [-0.3, -0.25) is 0 Å². The Labute approximate surface area is 136 Å². The highest BCUT2D eigenvalue weighted by atomic mass is 35.5. The van der Waals surface area contributed by atoms with Gasteiger partial charge in [-0.1, -0.05) is 6.08 Å². The second kappa shape index (κ2) is 7.11. The number of amidine groups is 1. The molecule has 1 aromatic rings. The van der Waals surface area contributed by atoms with E-state index in [0.29, 0.717) is 0 Å². The Bertz CT molecular complexity index is 694. The molecule has 0 saturated carbocycles. The monoisotopic (exact) mass is 342 g/mol. The van der Waals surface area contributed by atoms with Crippen molar-refractivity contribution in [3.05, 3.63) is 36.1 Å². The quantitative estimate of drug-likeness (QED) is 0.478. The third-order valence-corrected chi connectivity index (χ3v) is 5.94. The zero-order valence-corrected chi connectivity index (χ0v) is 14.6. The second-order valence-electron chi connectivity index (χ2n) is 4.90. The lowest BCUT2D eigenvalue weighted by Crippen LogP contribution is -2.40. The molecule has 1 aromatic heterocycles. The zero-order chi connectivity index (χ0) is 17.0. The summed E-state index contributed by atoms with van der Waals surface area (Å²) in [6.07, 6.45) is 6.10. The van der Waals surface area contributed by atoms with E-state index in [-0.39, 0.29) is 11.0 Å². The van der Waals surface area contributed by atoms with Gasteiger partial charge in [0.25, 0.3) is 0 Å². The number of sulfone groups is 1. The third-order valence-electron chi connectivity index (χ3n) is 3.17. The molecule has 0 amide bonds. The number of nitrogens with zero attached hydrogens (tertiary/aromatic N) is 4. The molecule has 0 aliphatic rings. The van der Waals surface area contributed by atoms with Crippen LogP contribution in [0.15, 0.2) is 34.7 Å². The number of aliphatic imine (C=N–C) groups is 2. The van der Waals surface area contributed by atoms with Crippen molar-refractivity contribution in [1.82, 2.24) is 9.97 Å². The number of aromatic nitrogens is 2. The van der Waals surface area contributed by atoms with E-state index in [1.807, 2.05) is 6.92 Å². The lowest BCUT2D eigenvalue weighted by molar-refractivity contribution is 0.549. The first kappa shape index (κ1) is 18.4. The minimum atomic E-state index is -3.88. The van der Waals surface area contributed by atoms with Crippen molar-refractivity contribution < 1.29 is 8.42 Å². The van der Waals surface area contributed by atoms with Gasteiger partial charge in [0.1, 0.15) is 10.7 Å². The van der Waals surface area contributed by atoms with Gasteiger partial charge in [-0.05, 0) is 40.0 Å². The summed E-state index contributed by atoms with van der Waals surface area (Å²) in [5.74, 6) is 0.227. The van der Waals surface area contributed by atoms with Crippen LogP contribution in [0.3, 0.4) is 0 Å². The average molecular weight is 343 g/mol. The van der Waals surface area contributed by atoms with Gasteiger partial charge in [0.05, 0.1) is 5.25 Å². The molecule has 0 aliphatic heterocycles. The highest BCUT2D eigenvalue weighted by Crippen LogP contribution is 2.34. The maximum atomic E-state index is 12.6. The van der Waals surface area contributed by atoms with Gasteiger partial charge in [0.2, 0.25) is 15.0 Å². The van der Waals surface area contributed by atoms with Crippen LogP contribution in [0.5, 0.6) is 0 Å². The Morgan fingerprint density at radius 1 is 1.45 bits per heavy atom. The first-order valence-electron chi connectivity index (χ1n) is 6.55. The minimum absolute atomic E-state index is 0.227. The Hall–Kier alpha value is -1.60. The Morgan fingerprint density at radius 3 is 2.45 bits per heavy atom. The number of halogens is 1. The van der Waals surface area contributed by atoms with Crippen molar-refractivity contribution in [3.8, 4) is 0 Å². The average Bonchev–Trinajstić information content (AvgIpc) is 2.47. The maximum absolute atomic E-state index is 12.6. The Kier molecular flexibility index (Phi) is 5.96. The zero-order valence-electron chi connectivity index (χ0n) is 13.0. The molecule has 0 aromatic carbocycles. The molecule has 1 rings (SSSR count). The van der Waals surface area contributed by atoms with E-state index >= 15 is 0 Å². The highest BCUT2D eigenvalue weighted by molar-refractivity contribution is 8.07. The van der Waals surface area contributed by atoms with Crippen LogP contribution in [0.2, 0.25) is 0 Å². The van der Waals surface area contributed by atoms with Crippen LogP contribution >= 0.6 is 11.6 Å². The molecule has 0 bridgehead atoms. The van der Waals surface area contributed by atoms with E-state index in [9.17, 15) is 8.42 Å². The van der Waals surface area contributed by atoms with Crippen LogP contribution in [0.1, 0.15) is 32.2 Å². The molecule has 0 aliphatic carbocycles. The Morgan fingerprint density at radius 2 is 2.00 bits per heavy atom. The SMILES string of the molecule is C=N/C(=N\C=C/C)S(=O)(=O)C(C)C(C)(Cl)c1ncc(C)cn1. The van der Waals surface area contributed by atoms with Crippen molar-refractivity contribution in [2.24, 2.45) is 9.98 Å². The predicted molar refractivity (Wildman–Crippen MR) is 90.2 cm³/mol. The molecule has 8 heteroatoms. The van der Waals surface area contributed by atoms with Crippen LogP contribution in [0, 0.1) is 6.92 Å². The fraction of sp³-hybridized carbons (Fsp3) is 0.429. The van der Waals surface area contributed by atoms with Crippen LogP contribution in [0.4, 0.5) is 0 Å². The van der Waals surface area contributed by atoms with Gasteiger partial charge in [-0.25, -0.2) is 28.4 Å². The lowest BCUT2D eigenvalue weighted by Gasteiger charge is -2.27. The summed E-state index contributed by atoms with van der Waals surface area (Å²) >= 11 is 6.44. The number of hydrogen-bond donors (Lipinski definition) is 0. The van der Waals surface area contributed by atoms with Crippen molar-refractivity contribution in [2.45, 2.75) is 37.8 Å². The fourth-order valence-corrected chi connectivity index (χ4v) is 3.46. The lowest BCUT2D eigenvalue weighted by atomic mass is 10.1. The molecule has 0 fully saturated rings. The molecule has 1 heterocycles. The van der Waals surface area contributed by atoms with Gasteiger partial charge in [0, 0.05) is 18.6 Å². The minimum Gasteiger partial charge on any atom is -0.239 e. The molecule has 0 N–H and O–H groups in total. The molecule has 0 radical (unpaired) electrons. The molecule has 2 unspecified atom stereocenters. The second-order valence-corrected chi connectivity index (χ2v) is 7.85. The summed E-state index contributed by atoms with van der Waals surface area (Å²) in [6.45, 7) is 9.84. The summed E-state index contributed by atoms with van der Waals surface area (Å²) in [6, 6.07) is 0. The normalized spacial score (nSPS) is 17.2. The third kappa shape index (κ3) is 3.78. The first-order chi connectivity index (χ1) is 10.2. The van der Waals surface area contributed by atoms with Crippen molar-refractivity contribution >= 4 is 33.3 Å². The summed E-state index contributed by atoms with van der Waals surface area (Å²) in [5.41, 5.74) is 0.856. The van der Waals surface area contributed by atoms with Gasteiger partial charge < -0.3 is 0 Å². The molecule has 22 heavy (non-hydrogen) atoms. The largest absolute Gasteiger partial charge is 0.246 e. The molecular weight excluding hydrogens is 324 g/mol. The van der Waals surface area contributed by atoms with Gasteiger partial charge in [-0.2, -0.15) is 0 Å². The molecular formula is C14H19ClN4O2S. The van der Waals surface area contributed by atoms with Crippen LogP contribution in [0.25, 0.3) is 0 Å². The van der Waals surface area contributed by atoms with Gasteiger partial charge >= 0.3 is 0 Å². The number of aryl methyl sites for hydroxylation is 1. The summed E-state index contributed by atoms with van der Waals surface area (Å²) in [4.78, 5) is 14.2. The van der Waals surface area contributed by atoms with E-state index in [1.165, 1.54) is 13.1 Å². The van der Waals surface area contributed by atoms with Crippen LogP contribution in [-0.2, 0) is 14.7 Å². The van der Waals surface area contributed by atoms with E-state index in [0.717, 1.165) is 5.56 Å². The molecule has 0 saturated heterocycles. The van der Waals surface area contributed by atoms with E-state index < -0.39 is 20.0 Å². The number of hydrogen-bond acceptors (Lipinski definition) is 5. The maximum Gasteiger partial charge on any atom is 0.246 e. The summed E-state index contributed by atoms with van der Waals surface area (Å²) < 4.78 is 25.2. The number of allylic oxidation sites excluding steroid dienone is 1.